The highest BCUT2D eigenvalue weighted by atomic mass is 16.6. The third-order valence-corrected chi connectivity index (χ3v) is 2.21. The third-order valence-electron chi connectivity index (χ3n) is 2.21. The average Bonchev–Trinajstić information content (AvgIpc) is 2.43. The Morgan fingerprint density at radius 2 is 1.82 bits per heavy atom. The molecule has 0 aromatic carbocycles. The zero-order chi connectivity index (χ0) is 16.9. The van der Waals surface area contributed by atoms with E-state index in [9.17, 15) is 14.4 Å². The number of nitrogens with one attached hydrogen (secondary N) is 1. The predicted octanol–water partition coefficient (Wildman–Crippen LogP) is 1.43. The molecule has 1 aromatic rings. The highest BCUT2D eigenvalue weighted by molar-refractivity contribution is 5.99. The van der Waals surface area contributed by atoms with Gasteiger partial charge in [-0.1, -0.05) is 0 Å². The summed E-state index contributed by atoms with van der Waals surface area (Å²) in [5, 5.41) is 2.26. The number of methoxy groups -OCH3 is 2. The quantitative estimate of drug-likeness (QED) is 0.655. The summed E-state index contributed by atoms with van der Waals surface area (Å²) in [5.74, 6) is -1.27. The molecular formula is C13H17N3O6. The van der Waals surface area contributed by atoms with Crippen LogP contribution in [0.4, 0.5) is 10.7 Å². The van der Waals surface area contributed by atoms with E-state index in [2.05, 4.69) is 20.0 Å². The Morgan fingerprint density at radius 1 is 1.18 bits per heavy atom. The molecule has 1 heterocycles. The standard InChI is InChI=1S/C13H17N3O6/c1-13(2,3)22-12(19)16-11-14-7(6-17)8(10(18)21-5)9(15-11)20-4/h6H,1-5H3,(H,14,15,16,19). The van der Waals surface area contributed by atoms with Gasteiger partial charge in [0.05, 0.1) is 14.2 Å². The lowest BCUT2D eigenvalue weighted by atomic mass is 10.2. The van der Waals surface area contributed by atoms with E-state index in [1.165, 1.54) is 7.11 Å². The first-order chi connectivity index (χ1) is 10.2. The second-order valence-electron chi connectivity index (χ2n) is 5.05. The molecule has 0 spiro atoms. The number of hydrogen-bond donors (Lipinski definition) is 1. The fourth-order valence-electron chi connectivity index (χ4n) is 1.43. The first kappa shape index (κ1) is 17.3. The van der Waals surface area contributed by atoms with Crippen molar-refractivity contribution in [2.75, 3.05) is 19.5 Å². The Hall–Kier alpha value is -2.71. The number of anilines is 1. The molecule has 0 unspecified atom stereocenters. The maximum Gasteiger partial charge on any atom is 0.414 e. The summed E-state index contributed by atoms with van der Waals surface area (Å²) in [6, 6.07) is 0. The molecule has 0 saturated heterocycles. The van der Waals surface area contributed by atoms with Crippen molar-refractivity contribution in [3.05, 3.63) is 11.3 Å². The molecule has 1 rings (SSSR count). The van der Waals surface area contributed by atoms with Crippen LogP contribution in [0.2, 0.25) is 0 Å². The Balaban J connectivity index is 3.16. The highest BCUT2D eigenvalue weighted by Gasteiger charge is 2.24. The summed E-state index contributed by atoms with van der Waals surface area (Å²) in [6.45, 7) is 5.06. The van der Waals surface area contributed by atoms with Crippen LogP contribution in [0, 0.1) is 0 Å². The van der Waals surface area contributed by atoms with Gasteiger partial charge in [-0.25, -0.2) is 14.6 Å². The molecule has 1 amide bonds. The van der Waals surface area contributed by atoms with Gasteiger partial charge in [-0.05, 0) is 20.8 Å². The van der Waals surface area contributed by atoms with Gasteiger partial charge >= 0.3 is 12.1 Å². The summed E-state index contributed by atoms with van der Waals surface area (Å²) in [5.41, 5.74) is -1.22. The molecule has 22 heavy (non-hydrogen) atoms. The van der Waals surface area contributed by atoms with Gasteiger partial charge in [0.15, 0.2) is 11.8 Å². The molecule has 9 nitrogen and oxygen atoms in total. The molecule has 0 saturated carbocycles. The normalized spacial score (nSPS) is 10.6. The molecule has 120 valence electrons. The Labute approximate surface area is 127 Å². The number of rotatable bonds is 4. The molecular weight excluding hydrogens is 294 g/mol. The summed E-state index contributed by atoms with van der Waals surface area (Å²) in [6.07, 6.45) is -0.478. The van der Waals surface area contributed by atoms with E-state index in [0.717, 1.165) is 7.11 Å². The van der Waals surface area contributed by atoms with Gasteiger partial charge in [0.1, 0.15) is 11.3 Å². The first-order valence-electron chi connectivity index (χ1n) is 6.21. The minimum atomic E-state index is -0.831. The smallest absolute Gasteiger partial charge is 0.414 e. The average molecular weight is 311 g/mol. The summed E-state index contributed by atoms with van der Waals surface area (Å²) in [4.78, 5) is 42.0. The van der Waals surface area contributed by atoms with Crippen molar-refractivity contribution < 1.29 is 28.6 Å². The van der Waals surface area contributed by atoms with Crippen LogP contribution < -0.4 is 10.1 Å². The highest BCUT2D eigenvalue weighted by Crippen LogP contribution is 2.21. The van der Waals surface area contributed by atoms with Crippen molar-refractivity contribution in [2.24, 2.45) is 0 Å². The second kappa shape index (κ2) is 6.83. The van der Waals surface area contributed by atoms with E-state index >= 15 is 0 Å². The molecule has 0 aliphatic rings. The van der Waals surface area contributed by atoms with Crippen LogP contribution in [0.15, 0.2) is 0 Å². The largest absolute Gasteiger partial charge is 0.480 e. The van der Waals surface area contributed by atoms with Crippen molar-refractivity contribution >= 4 is 24.3 Å². The Kier molecular flexibility index (Phi) is 5.39. The first-order valence-corrected chi connectivity index (χ1v) is 6.21. The number of hydrogen-bond acceptors (Lipinski definition) is 8. The van der Waals surface area contributed by atoms with Crippen molar-refractivity contribution in [2.45, 2.75) is 26.4 Å². The maximum atomic E-state index is 11.7. The lowest BCUT2D eigenvalue weighted by Gasteiger charge is -2.19. The zero-order valence-corrected chi connectivity index (χ0v) is 12.9. The summed E-state index contributed by atoms with van der Waals surface area (Å²) >= 11 is 0. The fraction of sp³-hybridized carbons (Fsp3) is 0.462. The van der Waals surface area contributed by atoms with Gasteiger partial charge in [-0.15, -0.1) is 0 Å². The number of nitrogens with zero attached hydrogens (tertiary/aromatic N) is 2. The van der Waals surface area contributed by atoms with E-state index in [0.29, 0.717) is 6.29 Å². The number of aldehydes is 1. The van der Waals surface area contributed by atoms with Gasteiger partial charge in [0.2, 0.25) is 11.8 Å². The third kappa shape index (κ3) is 4.40. The molecule has 1 N–H and O–H groups in total. The monoisotopic (exact) mass is 311 g/mol. The number of ether oxygens (including phenoxy) is 3. The van der Waals surface area contributed by atoms with Crippen LogP contribution >= 0.6 is 0 Å². The number of amides is 1. The van der Waals surface area contributed by atoms with E-state index in [1.54, 1.807) is 20.8 Å². The molecule has 1 aromatic heterocycles. The minimum Gasteiger partial charge on any atom is -0.480 e. The van der Waals surface area contributed by atoms with Gasteiger partial charge in [-0.2, -0.15) is 4.98 Å². The molecule has 0 bridgehead atoms. The van der Waals surface area contributed by atoms with Crippen molar-refractivity contribution in [3.8, 4) is 5.88 Å². The lowest BCUT2D eigenvalue weighted by molar-refractivity contribution is 0.0592. The van der Waals surface area contributed by atoms with Gasteiger partial charge < -0.3 is 14.2 Å². The SMILES string of the molecule is COC(=O)c1c(C=O)nc(NC(=O)OC(C)(C)C)nc1OC. The molecule has 0 fully saturated rings. The topological polar surface area (TPSA) is 117 Å². The lowest BCUT2D eigenvalue weighted by Crippen LogP contribution is -2.28. The number of aromatic nitrogens is 2. The number of carbonyl (C=O) groups is 3. The van der Waals surface area contributed by atoms with E-state index in [-0.39, 0.29) is 23.1 Å². The summed E-state index contributed by atoms with van der Waals surface area (Å²) in [7, 11) is 2.39. The minimum absolute atomic E-state index is 0.199. The van der Waals surface area contributed by atoms with Gasteiger partial charge in [-0.3, -0.25) is 10.1 Å². The zero-order valence-electron chi connectivity index (χ0n) is 12.9. The number of carbonyl (C=O) groups excluding carboxylic acids is 3. The van der Waals surface area contributed by atoms with Crippen LogP contribution in [0.1, 0.15) is 41.6 Å². The molecule has 0 aliphatic carbocycles. The van der Waals surface area contributed by atoms with Crippen LogP contribution in [0.25, 0.3) is 0 Å². The number of esters is 1. The van der Waals surface area contributed by atoms with Gasteiger partial charge in [0, 0.05) is 0 Å². The van der Waals surface area contributed by atoms with Crippen LogP contribution in [-0.2, 0) is 9.47 Å². The van der Waals surface area contributed by atoms with Crippen LogP contribution in [0.3, 0.4) is 0 Å². The maximum absolute atomic E-state index is 11.7. The molecule has 0 aliphatic heterocycles. The predicted molar refractivity (Wildman–Crippen MR) is 75.2 cm³/mol. The second-order valence-corrected chi connectivity index (χ2v) is 5.05. The molecule has 0 radical (unpaired) electrons. The van der Waals surface area contributed by atoms with E-state index in [4.69, 9.17) is 9.47 Å². The van der Waals surface area contributed by atoms with E-state index < -0.39 is 17.7 Å². The van der Waals surface area contributed by atoms with Crippen LogP contribution in [0.5, 0.6) is 5.88 Å². The Bertz CT molecular complexity index is 594. The van der Waals surface area contributed by atoms with Crippen molar-refractivity contribution in [3.63, 3.8) is 0 Å². The molecule has 0 atom stereocenters. The Morgan fingerprint density at radius 3 is 2.27 bits per heavy atom. The van der Waals surface area contributed by atoms with Gasteiger partial charge in [0.25, 0.3) is 0 Å². The van der Waals surface area contributed by atoms with E-state index in [1.807, 2.05) is 0 Å². The summed E-state index contributed by atoms with van der Waals surface area (Å²) < 4.78 is 14.5. The molecule has 9 heteroatoms. The van der Waals surface area contributed by atoms with Crippen molar-refractivity contribution in [1.29, 1.82) is 0 Å². The fourth-order valence-corrected chi connectivity index (χ4v) is 1.43. The van der Waals surface area contributed by atoms with Crippen LogP contribution in [-0.4, -0.2) is 48.1 Å². The van der Waals surface area contributed by atoms with Crippen molar-refractivity contribution in [1.82, 2.24) is 9.97 Å².